The third kappa shape index (κ3) is 6.05. The number of methoxy groups -OCH3 is 3. The van der Waals surface area contributed by atoms with Crippen LogP contribution >= 0.6 is 12.2 Å². The molecule has 0 aromatic heterocycles. The fraction of sp³-hybridized carbons (Fsp3) is 0.579. The molecular formula is C19H30N2O4S. The highest BCUT2D eigenvalue weighted by Gasteiger charge is 2.19. The van der Waals surface area contributed by atoms with Crippen LogP contribution in [0.15, 0.2) is 12.1 Å². The standard InChI is InChI=1S/C19H30N2O4S/c1-6-8-10-21(11-9-7-2)19(26)20-18(22)14-12-15(23-3)17(25-5)16(13-14)24-4/h12-13H,6-11H2,1-5H3,(H,20,22,26). The fourth-order valence-corrected chi connectivity index (χ4v) is 2.75. The summed E-state index contributed by atoms with van der Waals surface area (Å²) in [6.07, 6.45) is 4.21. The first-order valence-electron chi connectivity index (χ1n) is 8.92. The van der Waals surface area contributed by atoms with E-state index in [0.29, 0.717) is 27.9 Å². The molecule has 6 nitrogen and oxygen atoms in total. The van der Waals surface area contributed by atoms with Crippen LogP contribution in [0.25, 0.3) is 0 Å². The predicted molar refractivity (Wildman–Crippen MR) is 108 cm³/mol. The summed E-state index contributed by atoms with van der Waals surface area (Å²) < 4.78 is 15.9. The maximum absolute atomic E-state index is 12.7. The van der Waals surface area contributed by atoms with Crippen molar-refractivity contribution in [2.75, 3.05) is 34.4 Å². The van der Waals surface area contributed by atoms with Gasteiger partial charge in [0.15, 0.2) is 16.6 Å². The average Bonchev–Trinajstić information content (AvgIpc) is 2.66. The van der Waals surface area contributed by atoms with Gasteiger partial charge >= 0.3 is 0 Å². The van der Waals surface area contributed by atoms with E-state index < -0.39 is 0 Å². The molecule has 0 atom stereocenters. The van der Waals surface area contributed by atoms with Gasteiger partial charge in [-0.3, -0.25) is 10.1 Å². The summed E-state index contributed by atoms with van der Waals surface area (Å²) in [6.45, 7) is 5.95. The molecule has 1 aromatic rings. The van der Waals surface area contributed by atoms with Crippen molar-refractivity contribution in [1.82, 2.24) is 10.2 Å². The molecule has 0 heterocycles. The zero-order valence-corrected chi connectivity index (χ0v) is 17.2. The second-order valence-electron chi connectivity index (χ2n) is 5.87. The quantitative estimate of drug-likeness (QED) is 0.624. The minimum absolute atomic E-state index is 0.299. The van der Waals surface area contributed by atoms with Gasteiger partial charge in [-0.05, 0) is 37.2 Å². The Hall–Kier alpha value is -2.02. The van der Waals surface area contributed by atoms with Crippen molar-refractivity contribution >= 4 is 23.2 Å². The highest BCUT2D eigenvalue weighted by molar-refractivity contribution is 7.80. The molecule has 0 aliphatic rings. The number of ether oxygens (including phenoxy) is 3. The minimum Gasteiger partial charge on any atom is -0.493 e. The summed E-state index contributed by atoms with van der Waals surface area (Å²) in [6, 6.07) is 3.23. The topological polar surface area (TPSA) is 60.0 Å². The molecule has 26 heavy (non-hydrogen) atoms. The van der Waals surface area contributed by atoms with Crippen LogP contribution < -0.4 is 19.5 Å². The molecule has 0 radical (unpaired) electrons. The van der Waals surface area contributed by atoms with Crippen LogP contribution in [0.1, 0.15) is 49.9 Å². The maximum atomic E-state index is 12.7. The molecule has 1 amide bonds. The first-order chi connectivity index (χ1) is 12.5. The number of hydrogen-bond donors (Lipinski definition) is 1. The van der Waals surface area contributed by atoms with Crippen molar-refractivity contribution in [1.29, 1.82) is 0 Å². The van der Waals surface area contributed by atoms with Crippen LogP contribution in [0.3, 0.4) is 0 Å². The van der Waals surface area contributed by atoms with Crippen molar-refractivity contribution in [2.24, 2.45) is 0 Å². The number of benzene rings is 1. The first kappa shape index (κ1) is 22.0. The highest BCUT2D eigenvalue weighted by Crippen LogP contribution is 2.38. The van der Waals surface area contributed by atoms with Crippen LogP contribution in [0.2, 0.25) is 0 Å². The van der Waals surface area contributed by atoms with E-state index in [0.717, 1.165) is 38.8 Å². The van der Waals surface area contributed by atoms with Gasteiger partial charge in [0.1, 0.15) is 0 Å². The molecule has 7 heteroatoms. The van der Waals surface area contributed by atoms with Gasteiger partial charge < -0.3 is 19.1 Å². The Labute approximate surface area is 161 Å². The zero-order valence-electron chi connectivity index (χ0n) is 16.4. The molecule has 0 bridgehead atoms. The lowest BCUT2D eigenvalue weighted by Gasteiger charge is -2.25. The van der Waals surface area contributed by atoms with Crippen LogP contribution in [0.5, 0.6) is 17.2 Å². The van der Waals surface area contributed by atoms with E-state index in [-0.39, 0.29) is 5.91 Å². The van der Waals surface area contributed by atoms with Crippen molar-refractivity contribution in [2.45, 2.75) is 39.5 Å². The molecule has 1 N–H and O–H groups in total. The number of nitrogens with zero attached hydrogens (tertiary/aromatic N) is 1. The SMILES string of the molecule is CCCCN(CCCC)C(=S)NC(=O)c1cc(OC)c(OC)c(OC)c1. The summed E-state index contributed by atoms with van der Waals surface area (Å²) in [5.74, 6) is 1.00. The Morgan fingerprint density at radius 3 is 1.88 bits per heavy atom. The Balaban J connectivity index is 2.95. The molecule has 0 aliphatic heterocycles. The molecule has 146 valence electrons. The number of hydrogen-bond acceptors (Lipinski definition) is 5. The number of unbranched alkanes of at least 4 members (excludes halogenated alkanes) is 2. The molecule has 1 rings (SSSR count). The largest absolute Gasteiger partial charge is 0.493 e. The lowest BCUT2D eigenvalue weighted by molar-refractivity contribution is 0.0972. The minimum atomic E-state index is -0.299. The fourth-order valence-electron chi connectivity index (χ4n) is 2.47. The molecule has 0 saturated heterocycles. The van der Waals surface area contributed by atoms with Crippen LogP contribution in [0, 0.1) is 0 Å². The summed E-state index contributed by atoms with van der Waals surface area (Å²) in [5.41, 5.74) is 0.396. The Morgan fingerprint density at radius 1 is 1.00 bits per heavy atom. The van der Waals surface area contributed by atoms with Gasteiger partial charge in [-0.2, -0.15) is 0 Å². The highest BCUT2D eigenvalue weighted by atomic mass is 32.1. The van der Waals surface area contributed by atoms with Crippen molar-refractivity contribution in [3.05, 3.63) is 17.7 Å². The third-order valence-corrected chi connectivity index (χ3v) is 4.36. The Morgan fingerprint density at radius 2 is 1.50 bits per heavy atom. The molecule has 0 spiro atoms. The maximum Gasteiger partial charge on any atom is 0.257 e. The van der Waals surface area contributed by atoms with E-state index in [1.54, 1.807) is 12.1 Å². The van der Waals surface area contributed by atoms with Gasteiger partial charge in [0.05, 0.1) is 21.3 Å². The molecule has 0 aliphatic carbocycles. The third-order valence-electron chi connectivity index (χ3n) is 4.00. The lowest BCUT2D eigenvalue weighted by Crippen LogP contribution is -2.43. The number of rotatable bonds is 10. The number of carbonyl (C=O) groups is 1. The van der Waals surface area contributed by atoms with Gasteiger partial charge in [-0.1, -0.05) is 26.7 Å². The predicted octanol–water partition coefficient (Wildman–Crippen LogP) is 3.63. The van der Waals surface area contributed by atoms with E-state index in [1.165, 1.54) is 21.3 Å². The van der Waals surface area contributed by atoms with E-state index in [1.807, 2.05) is 0 Å². The van der Waals surface area contributed by atoms with Crippen molar-refractivity contribution < 1.29 is 19.0 Å². The van der Waals surface area contributed by atoms with E-state index in [4.69, 9.17) is 26.4 Å². The van der Waals surface area contributed by atoms with Crippen LogP contribution in [-0.2, 0) is 0 Å². The second kappa shape index (κ2) is 11.6. The summed E-state index contributed by atoms with van der Waals surface area (Å²) in [5, 5.41) is 3.27. The average molecular weight is 383 g/mol. The lowest BCUT2D eigenvalue weighted by atomic mass is 10.1. The normalized spacial score (nSPS) is 10.2. The summed E-state index contributed by atoms with van der Waals surface area (Å²) in [4.78, 5) is 14.7. The molecule has 0 fully saturated rings. The van der Waals surface area contributed by atoms with Gasteiger partial charge in [0, 0.05) is 18.7 Å². The van der Waals surface area contributed by atoms with Crippen LogP contribution in [0.4, 0.5) is 0 Å². The molecule has 0 saturated carbocycles. The zero-order chi connectivity index (χ0) is 19.5. The number of carbonyl (C=O) groups excluding carboxylic acids is 1. The summed E-state index contributed by atoms with van der Waals surface area (Å²) >= 11 is 5.46. The smallest absolute Gasteiger partial charge is 0.257 e. The second-order valence-corrected chi connectivity index (χ2v) is 6.25. The van der Waals surface area contributed by atoms with Gasteiger partial charge in [-0.25, -0.2) is 0 Å². The van der Waals surface area contributed by atoms with Gasteiger partial charge in [0.2, 0.25) is 5.75 Å². The van der Waals surface area contributed by atoms with E-state index in [2.05, 4.69) is 24.1 Å². The number of thiocarbonyl (C=S) groups is 1. The summed E-state index contributed by atoms with van der Waals surface area (Å²) in [7, 11) is 4.55. The van der Waals surface area contributed by atoms with Gasteiger partial charge in [-0.15, -0.1) is 0 Å². The number of amides is 1. The van der Waals surface area contributed by atoms with Crippen molar-refractivity contribution in [3.63, 3.8) is 0 Å². The van der Waals surface area contributed by atoms with E-state index in [9.17, 15) is 4.79 Å². The Kier molecular flexibility index (Phi) is 9.80. The Bertz CT molecular complexity index is 574. The molecular weight excluding hydrogens is 352 g/mol. The number of nitrogens with one attached hydrogen (secondary N) is 1. The molecule has 0 unspecified atom stereocenters. The monoisotopic (exact) mass is 382 g/mol. The first-order valence-corrected chi connectivity index (χ1v) is 9.33. The van der Waals surface area contributed by atoms with Crippen molar-refractivity contribution in [3.8, 4) is 17.2 Å². The van der Waals surface area contributed by atoms with Gasteiger partial charge in [0.25, 0.3) is 5.91 Å². The van der Waals surface area contributed by atoms with E-state index >= 15 is 0 Å². The molecule has 1 aromatic carbocycles. The van der Waals surface area contributed by atoms with Crippen LogP contribution in [-0.4, -0.2) is 50.3 Å².